The van der Waals surface area contributed by atoms with Crippen molar-refractivity contribution in [3.8, 4) is 11.5 Å². The Kier molecular flexibility index (Phi) is 11.1. The molecule has 2 aromatic carbocycles. The molecule has 2 saturated heterocycles. The Balaban J connectivity index is 0.650. The number of rotatable bonds is 15. The van der Waals surface area contributed by atoms with Crippen molar-refractivity contribution in [3.05, 3.63) is 58.7 Å². The van der Waals surface area contributed by atoms with Gasteiger partial charge in [0.15, 0.2) is 0 Å². The van der Waals surface area contributed by atoms with Gasteiger partial charge in [0.2, 0.25) is 0 Å². The van der Waals surface area contributed by atoms with E-state index in [1.807, 2.05) is 0 Å². The molecule has 4 saturated carbocycles. The fourth-order valence-electron chi connectivity index (χ4n) is 14.0. The van der Waals surface area contributed by atoms with Crippen LogP contribution in [0.1, 0.15) is 170 Å². The molecule has 2 aromatic rings. The second kappa shape index (κ2) is 16.4. The van der Waals surface area contributed by atoms with Gasteiger partial charge in [0.25, 0.3) is 0 Å². The topological polar surface area (TPSA) is 59.1 Å². The normalized spacial score (nSPS) is 31.9. The van der Waals surface area contributed by atoms with Crippen LogP contribution in [0.3, 0.4) is 0 Å². The first-order valence-electron chi connectivity index (χ1n) is 24.1. The number of piperidine rings is 2. The van der Waals surface area contributed by atoms with Gasteiger partial charge in [0.05, 0.1) is 0 Å². The first kappa shape index (κ1) is 38.5. The lowest BCUT2D eigenvalue weighted by atomic mass is 9.52. The van der Waals surface area contributed by atoms with Crippen molar-refractivity contribution < 1.29 is 19.1 Å². The van der Waals surface area contributed by atoms with Crippen molar-refractivity contribution in [2.75, 3.05) is 26.2 Å². The molecular formula is C51H70N2O4. The molecule has 2 heterocycles. The van der Waals surface area contributed by atoms with E-state index in [9.17, 15) is 9.59 Å². The van der Waals surface area contributed by atoms with Gasteiger partial charge in [0.1, 0.15) is 11.5 Å². The molecule has 2 aliphatic heterocycles. The fraction of sp³-hybridized carbons (Fsp3) is 0.725. The van der Waals surface area contributed by atoms with Crippen LogP contribution in [0, 0.1) is 23.7 Å². The average Bonchev–Trinajstić information content (AvgIpc) is 4.03. The Morgan fingerprint density at radius 3 is 1.47 bits per heavy atom. The summed E-state index contributed by atoms with van der Waals surface area (Å²) in [6.07, 6.45) is 29.6. The van der Waals surface area contributed by atoms with E-state index in [0.29, 0.717) is 24.9 Å². The standard InChI is InChI=1S/C51H70N2O4/c54-48(56-40-22-20-38-30-46-42-14-7-9-24-50(42,44(38)32-40)26-28-52(46)34-36-12-11-13-36)16-5-3-1-2-4-6-17-49(55)57-41-23-21-39-31-47-43-15-8-10-25-51(43,45(39)33-41)27-29-53(47)35-37-18-19-37/h20-23,32-33,36-37,42-43,46-47H,1-19,24-31,34-35H2/t42?,43?,46-,47-,50-,51-/m1/s1. The van der Waals surface area contributed by atoms with E-state index >= 15 is 0 Å². The number of hydrogen-bond donors (Lipinski definition) is 0. The SMILES string of the molecule is O=C(CCCCCCCCC(=O)Oc1ccc2c(c1)[C@@]13CCCCC1[C@@H](C2)N(CC1CC1)CC3)Oc1ccc2c(c1)[C@@]13CCCCC1[C@@H](C2)N(CC1CCC1)CC3. The van der Waals surface area contributed by atoms with Crippen molar-refractivity contribution in [1.29, 1.82) is 0 Å². The summed E-state index contributed by atoms with van der Waals surface area (Å²) < 4.78 is 12.0. The number of fused-ring (bicyclic) bond motifs is 2. The first-order chi connectivity index (χ1) is 28.0. The second-order valence-corrected chi connectivity index (χ2v) is 20.5. The van der Waals surface area contributed by atoms with E-state index in [1.54, 1.807) is 0 Å². The molecule has 0 spiro atoms. The van der Waals surface area contributed by atoms with Crippen molar-refractivity contribution in [2.45, 2.75) is 183 Å². The molecule has 10 rings (SSSR count). The Morgan fingerprint density at radius 1 is 0.544 bits per heavy atom. The highest BCUT2D eigenvalue weighted by atomic mass is 16.5. The quantitative estimate of drug-likeness (QED) is 0.102. The maximum atomic E-state index is 13.0. The molecule has 6 nitrogen and oxygen atoms in total. The maximum Gasteiger partial charge on any atom is 0.311 e. The van der Waals surface area contributed by atoms with Crippen LogP contribution in [0.4, 0.5) is 0 Å². The van der Waals surface area contributed by atoms with Gasteiger partial charge in [-0.15, -0.1) is 0 Å². The Hall–Kier alpha value is -2.70. The number of nitrogens with zero attached hydrogens (tertiary/aromatic N) is 2. The lowest BCUT2D eigenvalue weighted by Crippen LogP contribution is -2.61. The van der Waals surface area contributed by atoms with Crippen LogP contribution in [-0.2, 0) is 33.3 Å². The summed E-state index contributed by atoms with van der Waals surface area (Å²) >= 11 is 0. The lowest BCUT2D eigenvalue weighted by molar-refractivity contribution is -0.135. The Labute approximate surface area is 343 Å². The molecular weight excluding hydrogens is 705 g/mol. The van der Waals surface area contributed by atoms with Crippen molar-refractivity contribution in [3.63, 3.8) is 0 Å². The molecule has 4 bridgehead atoms. The highest BCUT2D eigenvalue weighted by molar-refractivity contribution is 5.73. The van der Waals surface area contributed by atoms with Gasteiger partial charge in [-0.05, 0) is 173 Å². The lowest BCUT2D eigenvalue weighted by Gasteiger charge is -2.59. The predicted molar refractivity (Wildman–Crippen MR) is 226 cm³/mol. The maximum absolute atomic E-state index is 13.0. The minimum atomic E-state index is -0.0988. The van der Waals surface area contributed by atoms with Gasteiger partial charge in [-0.25, -0.2) is 0 Å². The molecule has 6 atom stereocenters. The largest absolute Gasteiger partial charge is 0.427 e. The van der Waals surface area contributed by atoms with Gasteiger partial charge in [0, 0.05) is 48.8 Å². The van der Waals surface area contributed by atoms with E-state index in [-0.39, 0.29) is 22.8 Å². The molecule has 57 heavy (non-hydrogen) atoms. The number of hydrogen-bond acceptors (Lipinski definition) is 6. The van der Waals surface area contributed by atoms with Gasteiger partial charge >= 0.3 is 11.9 Å². The smallest absolute Gasteiger partial charge is 0.311 e. The summed E-state index contributed by atoms with van der Waals surface area (Å²) in [5, 5.41) is 0. The summed E-state index contributed by atoms with van der Waals surface area (Å²) in [5.74, 6) is 4.70. The zero-order valence-electron chi connectivity index (χ0n) is 35.0. The van der Waals surface area contributed by atoms with Crippen molar-refractivity contribution in [1.82, 2.24) is 9.80 Å². The third-order valence-corrected chi connectivity index (χ3v) is 17.2. The summed E-state index contributed by atoms with van der Waals surface area (Å²) in [4.78, 5) is 31.7. The number of carbonyl (C=O) groups is 2. The van der Waals surface area contributed by atoms with Gasteiger partial charge in [-0.3, -0.25) is 19.4 Å². The van der Waals surface area contributed by atoms with E-state index in [1.165, 1.54) is 158 Å². The molecule has 0 radical (unpaired) electrons. The summed E-state index contributed by atoms with van der Waals surface area (Å²) in [5.41, 5.74) is 6.61. The van der Waals surface area contributed by atoms with Crippen LogP contribution in [0.5, 0.6) is 11.5 Å². The highest BCUT2D eigenvalue weighted by Crippen LogP contribution is 2.58. The van der Waals surface area contributed by atoms with Crippen molar-refractivity contribution >= 4 is 11.9 Å². The summed E-state index contributed by atoms with van der Waals surface area (Å²) in [7, 11) is 0. The minimum absolute atomic E-state index is 0.0981. The van der Waals surface area contributed by atoms with E-state index in [2.05, 4.69) is 46.2 Å². The number of unbranched alkanes of at least 4 members (excludes halogenated alkanes) is 5. The van der Waals surface area contributed by atoms with Crippen molar-refractivity contribution in [2.24, 2.45) is 23.7 Å². The van der Waals surface area contributed by atoms with E-state index < -0.39 is 0 Å². The molecule has 0 aromatic heterocycles. The molecule has 6 heteroatoms. The predicted octanol–water partition coefficient (Wildman–Crippen LogP) is 10.6. The number of ether oxygens (including phenoxy) is 2. The third kappa shape index (κ3) is 7.66. The average molecular weight is 775 g/mol. The van der Waals surface area contributed by atoms with Crippen LogP contribution < -0.4 is 9.47 Å². The number of likely N-dealkylation sites (tertiary alicyclic amines) is 2. The molecule has 0 N–H and O–H groups in total. The molecule has 6 aliphatic carbocycles. The van der Waals surface area contributed by atoms with Crippen LogP contribution in [0.15, 0.2) is 36.4 Å². The molecule has 308 valence electrons. The van der Waals surface area contributed by atoms with E-state index in [4.69, 9.17) is 9.47 Å². The molecule has 0 amide bonds. The first-order valence-corrected chi connectivity index (χ1v) is 24.1. The van der Waals surface area contributed by atoms with Crippen LogP contribution in [0.2, 0.25) is 0 Å². The van der Waals surface area contributed by atoms with Gasteiger partial charge < -0.3 is 9.47 Å². The number of benzene rings is 2. The molecule has 2 unspecified atom stereocenters. The van der Waals surface area contributed by atoms with Crippen LogP contribution in [0.25, 0.3) is 0 Å². The summed E-state index contributed by atoms with van der Waals surface area (Å²) in [6.45, 7) is 5.10. The fourth-order valence-corrected chi connectivity index (χ4v) is 14.0. The molecule has 6 fully saturated rings. The Bertz CT molecular complexity index is 1780. The number of carbonyl (C=O) groups excluding carboxylic acids is 2. The van der Waals surface area contributed by atoms with Gasteiger partial charge in [-0.2, -0.15) is 0 Å². The van der Waals surface area contributed by atoms with E-state index in [0.717, 1.165) is 73.7 Å². The summed E-state index contributed by atoms with van der Waals surface area (Å²) in [6, 6.07) is 14.7. The zero-order chi connectivity index (χ0) is 38.4. The third-order valence-electron chi connectivity index (χ3n) is 17.2. The monoisotopic (exact) mass is 775 g/mol. The van der Waals surface area contributed by atoms with Crippen LogP contribution >= 0.6 is 0 Å². The van der Waals surface area contributed by atoms with Gasteiger partial charge in [-0.1, -0.05) is 69.9 Å². The second-order valence-electron chi connectivity index (χ2n) is 20.5. The Morgan fingerprint density at radius 2 is 1.02 bits per heavy atom. The highest BCUT2D eigenvalue weighted by Gasteiger charge is 2.55. The molecule has 8 aliphatic rings. The number of esters is 2. The van der Waals surface area contributed by atoms with Crippen LogP contribution in [-0.4, -0.2) is 60.0 Å². The zero-order valence-corrected chi connectivity index (χ0v) is 35.0. The minimum Gasteiger partial charge on any atom is -0.427 e.